The van der Waals surface area contributed by atoms with Gasteiger partial charge in [-0.25, -0.2) is 8.78 Å². The fourth-order valence-corrected chi connectivity index (χ4v) is 2.31. The molecule has 0 saturated carbocycles. The summed E-state index contributed by atoms with van der Waals surface area (Å²) in [5.74, 6) is -1.46. The minimum Gasteiger partial charge on any atom is -0.382 e. The van der Waals surface area contributed by atoms with Gasteiger partial charge in [-0.05, 0) is 12.1 Å². The van der Waals surface area contributed by atoms with E-state index >= 15 is 0 Å². The molecule has 0 fully saturated rings. The Morgan fingerprint density at radius 3 is 2.65 bits per heavy atom. The van der Waals surface area contributed by atoms with E-state index in [0.29, 0.717) is 5.69 Å². The second-order valence-electron chi connectivity index (χ2n) is 4.59. The summed E-state index contributed by atoms with van der Waals surface area (Å²) in [6, 6.07) is 10.5. The SMILES string of the molecule is Cn1nc(C(O)c2ccc(F)cc2F)c2ccccc21. The number of aliphatic hydroxyl groups excluding tert-OH is 1. The van der Waals surface area contributed by atoms with E-state index in [2.05, 4.69) is 5.10 Å². The Kier molecular flexibility index (Phi) is 2.99. The second-order valence-corrected chi connectivity index (χ2v) is 4.59. The second kappa shape index (κ2) is 4.68. The first-order valence-corrected chi connectivity index (χ1v) is 6.12. The molecule has 0 radical (unpaired) electrons. The Morgan fingerprint density at radius 2 is 1.90 bits per heavy atom. The highest BCUT2D eigenvalue weighted by Crippen LogP contribution is 2.29. The maximum absolute atomic E-state index is 13.8. The first-order valence-electron chi connectivity index (χ1n) is 6.12. The number of hydrogen-bond acceptors (Lipinski definition) is 2. The number of benzene rings is 2. The molecule has 0 spiro atoms. The quantitative estimate of drug-likeness (QED) is 0.780. The Morgan fingerprint density at radius 1 is 1.15 bits per heavy atom. The Labute approximate surface area is 114 Å². The first-order chi connectivity index (χ1) is 9.58. The van der Waals surface area contributed by atoms with Crippen LogP contribution in [0.25, 0.3) is 10.9 Å². The number of aryl methyl sites for hydroxylation is 1. The van der Waals surface area contributed by atoms with Gasteiger partial charge in [-0.3, -0.25) is 4.68 Å². The van der Waals surface area contributed by atoms with Crippen molar-refractivity contribution in [2.24, 2.45) is 7.05 Å². The molecule has 0 aliphatic rings. The number of fused-ring (bicyclic) bond motifs is 1. The largest absolute Gasteiger partial charge is 0.382 e. The van der Waals surface area contributed by atoms with Gasteiger partial charge in [-0.1, -0.05) is 24.3 Å². The van der Waals surface area contributed by atoms with Crippen LogP contribution in [0.1, 0.15) is 17.4 Å². The van der Waals surface area contributed by atoms with Crippen molar-refractivity contribution in [3.05, 3.63) is 65.4 Å². The van der Waals surface area contributed by atoms with Crippen LogP contribution in [0.5, 0.6) is 0 Å². The predicted molar refractivity (Wildman–Crippen MR) is 71.1 cm³/mol. The van der Waals surface area contributed by atoms with Gasteiger partial charge in [0.25, 0.3) is 0 Å². The lowest BCUT2D eigenvalue weighted by Crippen LogP contribution is -2.05. The van der Waals surface area contributed by atoms with Crippen molar-refractivity contribution < 1.29 is 13.9 Å². The molecule has 5 heteroatoms. The summed E-state index contributed by atoms with van der Waals surface area (Å²) in [4.78, 5) is 0. The molecule has 2 aromatic carbocycles. The van der Waals surface area contributed by atoms with Crippen LogP contribution >= 0.6 is 0 Å². The average molecular weight is 274 g/mol. The zero-order valence-electron chi connectivity index (χ0n) is 10.7. The third-order valence-electron chi connectivity index (χ3n) is 3.30. The molecule has 0 saturated heterocycles. The number of halogens is 2. The highest BCUT2D eigenvalue weighted by Gasteiger charge is 2.21. The highest BCUT2D eigenvalue weighted by atomic mass is 19.1. The standard InChI is InChI=1S/C15H12F2N2O/c1-19-13-5-3-2-4-11(13)14(18-19)15(20)10-7-6-9(16)8-12(10)17/h2-8,15,20H,1H3. The molecule has 3 aromatic rings. The zero-order chi connectivity index (χ0) is 14.3. The van der Waals surface area contributed by atoms with Crippen molar-refractivity contribution in [2.45, 2.75) is 6.10 Å². The van der Waals surface area contributed by atoms with Gasteiger partial charge in [-0.2, -0.15) is 5.10 Å². The average Bonchev–Trinajstić information content (AvgIpc) is 2.76. The predicted octanol–water partition coefficient (Wildman–Crippen LogP) is 2.93. The lowest BCUT2D eigenvalue weighted by molar-refractivity contribution is 0.210. The lowest BCUT2D eigenvalue weighted by atomic mass is 10.0. The maximum Gasteiger partial charge on any atom is 0.132 e. The summed E-state index contributed by atoms with van der Waals surface area (Å²) in [5, 5.41) is 15.3. The number of aliphatic hydroxyl groups is 1. The van der Waals surface area contributed by atoms with E-state index in [1.165, 1.54) is 6.07 Å². The summed E-state index contributed by atoms with van der Waals surface area (Å²) >= 11 is 0. The van der Waals surface area contributed by atoms with Gasteiger partial charge >= 0.3 is 0 Å². The molecular weight excluding hydrogens is 262 g/mol. The Hall–Kier alpha value is -2.27. The van der Waals surface area contributed by atoms with Gasteiger partial charge in [0.05, 0.1) is 5.52 Å². The van der Waals surface area contributed by atoms with E-state index in [1.54, 1.807) is 11.7 Å². The minimum atomic E-state index is -1.23. The van der Waals surface area contributed by atoms with E-state index in [1.807, 2.05) is 24.3 Å². The van der Waals surface area contributed by atoms with Crippen molar-refractivity contribution in [3.8, 4) is 0 Å². The number of nitrogens with zero attached hydrogens (tertiary/aromatic N) is 2. The Bertz CT molecular complexity index is 783. The van der Waals surface area contributed by atoms with Gasteiger partial charge in [-0.15, -0.1) is 0 Å². The fraction of sp³-hybridized carbons (Fsp3) is 0.133. The van der Waals surface area contributed by atoms with Gasteiger partial charge in [0.1, 0.15) is 23.4 Å². The summed E-state index contributed by atoms with van der Waals surface area (Å²) in [7, 11) is 1.75. The van der Waals surface area contributed by atoms with Crippen LogP contribution in [0.2, 0.25) is 0 Å². The van der Waals surface area contributed by atoms with Crippen molar-refractivity contribution >= 4 is 10.9 Å². The topological polar surface area (TPSA) is 38.0 Å². The molecule has 1 atom stereocenters. The van der Waals surface area contributed by atoms with Gasteiger partial charge in [0, 0.05) is 24.1 Å². The molecule has 3 nitrogen and oxygen atoms in total. The molecular formula is C15H12F2N2O. The molecule has 0 aliphatic heterocycles. The Balaban J connectivity index is 2.15. The lowest BCUT2D eigenvalue weighted by Gasteiger charge is -2.10. The molecule has 20 heavy (non-hydrogen) atoms. The van der Waals surface area contributed by atoms with Crippen molar-refractivity contribution in [3.63, 3.8) is 0 Å². The van der Waals surface area contributed by atoms with Crippen LogP contribution in [0.4, 0.5) is 8.78 Å². The van der Waals surface area contributed by atoms with Crippen LogP contribution < -0.4 is 0 Å². The number of aromatic nitrogens is 2. The normalized spacial score (nSPS) is 12.8. The molecule has 0 aliphatic carbocycles. The highest BCUT2D eigenvalue weighted by molar-refractivity contribution is 5.82. The molecule has 102 valence electrons. The summed E-state index contributed by atoms with van der Waals surface area (Å²) in [5.41, 5.74) is 1.20. The molecule has 1 N–H and O–H groups in total. The number of rotatable bonds is 2. The monoisotopic (exact) mass is 274 g/mol. The number of hydrogen-bond donors (Lipinski definition) is 1. The molecule has 1 heterocycles. The van der Waals surface area contributed by atoms with Crippen LogP contribution in [-0.2, 0) is 7.05 Å². The van der Waals surface area contributed by atoms with E-state index < -0.39 is 17.7 Å². The van der Waals surface area contributed by atoms with Gasteiger partial charge < -0.3 is 5.11 Å². The third-order valence-corrected chi connectivity index (χ3v) is 3.30. The van der Waals surface area contributed by atoms with Crippen LogP contribution in [0.15, 0.2) is 42.5 Å². The van der Waals surface area contributed by atoms with Crippen molar-refractivity contribution in [1.82, 2.24) is 9.78 Å². The molecule has 0 bridgehead atoms. The van der Waals surface area contributed by atoms with Crippen LogP contribution in [0, 0.1) is 11.6 Å². The van der Waals surface area contributed by atoms with E-state index in [4.69, 9.17) is 0 Å². The minimum absolute atomic E-state index is 0.00949. The summed E-state index contributed by atoms with van der Waals surface area (Å²) in [6.07, 6.45) is -1.23. The maximum atomic E-state index is 13.8. The van der Waals surface area contributed by atoms with Crippen molar-refractivity contribution in [2.75, 3.05) is 0 Å². The zero-order valence-corrected chi connectivity index (χ0v) is 10.7. The van der Waals surface area contributed by atoms with Gasteiger partial charge in [0.15, 0.2) is 0 Å². The smallest absolute Gasteiger partial charge is 0.132 e. The first kappa shape index (κ1) is 12.7. The molecule has 1 aromatic heterocycles. The summed E-state index contributed by atoms with van der Waals surface area (Å²) < 4.78 is 28.3. The molecule has 1 unspecified atom stereocenters. The summed E-state index contributed by atoms with van der Waals surface area (Å²) in [6.45, 7) is 0. The fourth-order valence-electron chi connectivity index (χ4n) is 2.31. The van der Waals surface area contributed by atoms with E-state index in [0.717, 1.165) is 23.0 Å². The van der Waals surface area contributed by atoms with Crippen LogP contribution in [0.3, 0.4) is 0 Å². The molecule has 3 rings (SSSR count). The van der Waals surface area contributed by atoms with Gasteiger partial charge in [0.2, 0.25) is 0 Å². The van der Waals surface area contributed by atoms with Crippen LogP contribution in [-0.4, -0.2) is 14.9 Å². The third kappa shape index (κ3) is 1.96. The van der Waals surface area contributed by atoms with E-state index in [9.17, 15) is 13.9 Å². The molecule has 0 amide bonds. The number of para-hydroxylation sites is 1. The van der Waals surface area contributed by atoms with E-state index in [-0.39, 0.29) is 5.56 Å². The van der Waals surface area contributed by atoms with Crippen molar-refractivity contribution in [1.29, 1.82) is 0 Å².